The van der Waals surface area contributed by atoms with E-state index in [0.29, 0.717) is 35.6 Å². The van der Waals surface area contributed by atoms with Crippen molar-refractivity contribution in [2.45, 2.75) is 38.4 Å². The summed E-state index contributed by atoms with van der Waals surface area (Å²) < 4.78 is 39.4. The number of alkyl halides is 3. The Kier molecular flexibility index (Phi) is 4.77. The van der Waals surface area contributed by atoms with Gasteiger partial charge in [0.15, 0.2) is 0 Å². The van der Waals surface area contributed by atoms with Crippen LogP contribution in [0.15, 0.2) is 48.8 Å². The van der Waals surface area contributed by atoms with E-state index in [4.69, 9.17) is 0 Å². The second-order valence-electron chi connectivity index (χ2n) is 8.49. The molecule has 2 aromatic heterocycles. The van der Waals surface area contributed by atoms with Crippen LogP contribution in [0.5, 0.6) is 0 Å². The minimum Gasteiger partial charge on any atom is -0.340 e. The van der Waals surface area contributed by atoms with E-state index >= 15 is 0 Å². The minimum atomic E-state index is -4.45. The van der Waals surface area contributed by atoms with Crippen LogP contribution in [0.1, 0.15) is 47.1 Å². The number of rotatable bonds is 3. The van der Waals surface area contributed by atoms with Crippen molar-refractivity contribution in [2.24, 2.45) is 0 Å². The molecule has 10 heteroatoms. The van der Waals surface area contributed by atoms with Gasteiger partial charge >= 0.3 is 6.18 Å². The zero-order valence-corrected chi connectivity index (χ0v) is 18.0. The first-order valence-electron chi connectivity index (χ1n) is 10.5. The van der Waals surface area contributed by atoms with Crippen LogP contribution in [-0.2, 0) is 11.7 Å². The van der Waals surface area contributed by atoms with Gasteiger partial charge in [0.25, 0.3) is 5.91 Å². The summed E-state index contributed by atoms with van der Waals surface area (Å²) >= 11 is 0. The predicted molar refractivity (Wildman–Crippen MR) is 115 cm³/mol. The SMILES string of the molecule is Cc1ccc(-n2nccn2)c(C(=O)N2CCCC2(C)c2nc3cc(C(F)(F)F)ccc3[nH]2)c1. The van der Waals surface area contributed by atoms with Crippen molar-refractivity contribution in [1.82, 2.24) is 29.9 Å². The molecule has 1 aliphatic rings. The Morgan fingerprint density at radius 3 is 2.61 bits per heavy atom. The van der Waals surface area contributed by atoms with Gasteiger partial charge in [0.2, 0.25) is 0 Å². The van der Waals surface area contributed by atoms with E-state index in [2.05, 4.69) is 20.2 Å². The summed E-state index contributed by atoms with van der Waals surface area (Å²) in [6.07, 6.45) is 0.00414. The Hall–Kier alpha value is -3.69. The summed E-state index contributed by atoms with van der Waals surface area (Å²) in [6, 6.07) is 8.92. The minimum absolute atomic E-state index is 0.206. The van der Waals surface area contributed by atoms with E-state index in [9.17, 15) is 18.0 Å². The maximum atomic E-state index is 13.8. The number of carbonyl (C=O) groups is 1. The Labute approximate surface area is 187 Å². The number of amides is 1. The summed E-state index contributed by atoms with van der Waals surface area (Å²) in [6.45, 7) is 4.29. The smallest absolute Gasteiger partial charge is 0.340 e. The van der Waals surface area contributed by atoms with Crippen LogP contribution < -0.4 is 0 Å². The van der Waals surface area contributed by atoms with Crippen LogP contribution in [0, 0.1) is 6.92 Å². The number of nitrogens with zero attached hydrogens (tertiary/aromatic N) is 5. The van der Waals surface area contributed by atoms with E-state index in [1.165, 1.54) is 23.3 Å². The third-order valence-electron chi connectivity index (χ3n) is 6.22. The molecule has 0 bridgehead atoms. The number of H-pyrrole nitrogens is 1. The predicted octanol–water partition coefficient (Wildman–Crippen LogP) is 4.62. The molecule has 0 radical (unpaired) electrons. The van der Waals surface area contributed by atoms with Gasteiger partial charge in [-0.05, 0) is 57.0 Å². The number of fused-ring (bicyclic) bond motifs is 1. The quantitative estimate of drug-likeness (QED) is 0.490. The Morgan fingerprint density at radius 1 is 1.12 bits per heavy atom. The first-order chi connectivity index (χ1) is 15.7. The average molecular weight is 454 g/mol. The van der Waals surface area contributed by atoms with Gasteiger partial charge in [0.05, 0.1) is 45.8 Å². The Morgan fingerprint density at radius 2 is 1.88 bits per heavy atom. The Bertz CT molecular complexity index is 1340. The number of nitrogens with one attached hydrogen (secondary N) is 1. The fourth-order valence-electron chi connectivity index (χ4n) is 4.45. The van der Waals surface area contributed by atoms with Gasteiger partial charge in [-0.2, -0.15) is 28.2 Å². The summed E-state index contributed by atoms with van der Waals surface area (Å²) in [7, 11) is 0. The van der Waals surface area contributed by atoms with Crippen molar-refractivity contribution in [3.63, 3.8) is 0 Å². The number of hydrogen-bond donors (Lipinski definition) is 1. The number of aryl methyl sites for hydroxylation is 1. The second-order valence-corrected chi connectivity index (χ2v) is 8.49. The third-order valence-corrected chi connectivity index (χ3v) is 6.22. The molecule has 1 aliphatic heterocycles. The van der Waals surface area contributed by atoms with Crippen molar-refractivity contribution < 1.29 is 18.0 Å². The van der Waals surface area contributed by atoms with Gasteiger partial charge < -0.3 is 9.88 Å². The zero-order valence-electron chi connectivity index (χ0n) is 18.0. The highest BCUT2D eigenvalue weighted by molar-refractivity contribution is 5.98. The molecule has 1 unspecified atom stereocenters. The second kappa shape index (κ2) is 7.43. The van der Waals surface area contributed by atoms with Gasteiger partial charge in [-0.25, -0.2) is 4.98 Å². The fourth-order valence-corrected chi connectivity index (χ4v) is 4.45. The van der Waals surface area contributed by atoms with Gasteiger partial charge in [-0.3, -0.25) is 4.79 Å². The van der Waals surface area contributed by atoms with Gasteiger partial charge in [-0.1, -0.05) is 11.6 Å². The van der Waals surface area contributed by atoms with Crippen molar-refractivity contribution in [3.05, 3.63) is 71.3 Å². The van der Waals surface area contributed by atoms with Gasteiger partial charge in [0, 0.05) is 6.54 Å². The summed E-state index contributed by atoms with van der Waals surface area (Å²) in [4.78, 5) is 24.5. The Balaban J connectivity index is 1.56. The molecule has 7 nitrogen and oxygen atoms in total. The van der Waals surface area contributed by atoms with Crippen molar-refractivity contribution in [3.8, 4) is 5.69 Å². The number of aromatic nitrogens is 5. The van der Waals surface area contributed by atoms with Crippen LogP contribution >= 0.6 is 0 Å². The summed E-state index contributed by atoms with van der Waals surface area (Å²) in [5.74, 6) is 0.261. The lowest BCUT2D eigenvalue weighted by Gasteiger charge is -2.34. The van der Waals surface area contributed by atoms with Crippen LogP contribution in [-0.4, -0.2) is 42.3 Å². The normalized spacial score (nSPS) is 18.9. The van der Waals surface area contributed by atoms with E-state index in [1.807, 2.05) is 19.9 Å². The van der Waals surface area contributed by atoms with E-state index in [1.54, 1.807) is 17.0 Å². The van der Waals surface area contributed by atoms with Gasteiger partial charge in [0.1, 0.15) is 5.82 Å². The van der Waals surface area contributed by atoms with E-state index < -0.39 is 17.3 Å². The van der Waals surface area contributed by atoms with E-state index in [-0.39, 0.29) is 11.4 Å². The maximum absolute atomic E-state index is 13.8. The van der Waals surface area contributed by atoms with Crippen molar-refractivity contribution >= 4 is 16.9 Å². The van der Waals surface area contributed by atoms with Crippen LogP contribution in [0.25, 0.3) is 16.7 Å². The highest BCUT2D eigenvalue weighted by Crippen LogP contribution is 2.40. The van der Waals surface area contributed by atoms with Gasteiger partial charge in [-0.15, -0.1) is 0 Å². The number of benzene rings is 2. The largest absolute Gasteiger partial charge is 0.416 e. The molecule has 0 saturated carbocycles. The number of aromatic amines is 1. The molecule has 1 N–H and O–H groups in total. The standard InChI is InChI=1S/C23H21F3N6O/c1-14-4-7-19(32-27-9-10-28-32)16(12-14)20(33)31-11-3-8-22(31,2)21-29-17-6-5-15(23(24,25)26)13-18(17)30-21/h4-7,9-10,12-13H,3,8,11H2,1-2H3,(H,29,30). The van der Waals surface area contributed by atoms with Crippen LogP contribution in [0.3, 0.4) is 0 Å². The van der Waals surface area contributed by atoms with Crippen molar-refractivity contribution in [1.29, 1.82) is 0 Å². The first kappa shape index (κ1) is 21.2. The maximum Gasteiger partial charge on any atom is 0.416 e. The molecule has 5 rings (SSSR count). The molecule has 170 valence electrons. The zero-order chi connectivity index (χ0) is 23.4. The number of hydrogen-bond acceptors (Lipinski definition) is 4. The average Bonchev–Trinajstić information content (AvgIpc) is 3.52. The number of halogens is 3. The highest BCUT2D eigenvalue weighted by atomic mass is 19.4. The molecule has 0 spiro atoms. The monoisotopic (exact) mass is 454 g/mol. The molecule has 33 heavy (non-hydrogen) atoms. The first-order valence-corrected chi connectivity index (χ1v) is 10.5. The van der Waals surface area contributed by atoms with E-state index in [0.717, 1.165) is 24.1 Å². The number of likely N-dealkylation sites (tertiary alicyclic amines) is 1. The van der Waals surface area contributed by atoms with Crippen molar-refractivity contribution in [2.75, 3.05) is 6.54 Å². The number of carbonyl (C=O) groups excluding carboxylic acids is 1. The molecule has 1 saturated heterocycles. The molecule has 4 aromatic rings. The topological polar surface area (TPSA) is 79.7 Å². The van der Waals surface area contributed by atoms with Crippen LogP contribution in [0.4, 0.5) is 13.2 Å². The molecule has 0 aliphatic carbocycles. The third kappa shape index (κ3) is 3.55. The number of imidazole rings is 1. The van der Waals surface area contributed by atoms with Crippen LogP contribution in [0.2, 0.25) is 0 Å². The molecule has 3 heterocycles. The highest BCUT2D eigenvalue weighted by Gasteiger charge is 2.44. The summed E-state index contributed by atoms with van der Waals surface area (Å²) in [5, 5.41) is 8.32. The molecule has 1 fully saturated rings. The molecular weight excluding hydrogens is 433 g/mol. The molecule has 2 aromatic carbocycles. The summed E-state index contributed by atoms with van der Waals surface area (Å²) in [5.41, 5.74) is 1.09. The molecular formula is C23H21F3N6O. The molecule has 1 amide bonds. The lowest BCUT2D eigenvalue weighted by molar-refractivity contribution is -0.137. The fraction of sp³-hybridized carbons (Fsp3) is 0.304. The molecule has 1 atom stereocenters. The lowest BCUT2D eigenvalue weighted by atomic mass is 9.96. The lowest BCUT2D eigenvalue weighted by Crippen LogP contribution is -2.44.